The van der Waals surface area contributed by atoms with Crippen LogP contribution in [0.15, 0.2) is 18.2 Å². The van der Waals surface area contributed by atoms with Crippen molar-refractivity contribution in [1.82, 2.24) is 0 Å². The third-order valence-corrected chi connectivity index (χ3v) is 1.44. The van der Waals surface area contributed by atoms with Gasteiger partial charge < -0.3 is 15.7 Å². The van der Waals surface area contributed by atoms with Crippen LogP contribution in [0, 0.1) is 6.92 Å². The van der Waals surface area contributed by atoms with E-state index in [1.54, 1.807) is 6.92 Å². The molecule has 12 heavy (non-hydrogen) atoms. The number of carboxylic acid groups (broad SMARTS) is 1. The second-order valence-electron chi connectivity index (χ2n) is 2.31. The molecule has 4 heteroatoms. The van der Waals surface area contributed by atoms with Crippen LogP contribution in [0.5, 0.6) is 5.75 Å². The Morgan fingerprint density at radius 3 is 2.42 bits per heavy atom. The molecule has 0 heterocycles. The number of hydrogen-bond acceptors (Lipinski definition) is 2. The van der Waals surface area contributed by atoms with Gasteiger partial charge in [0.1, 0.15) is 5.75 Å². The maximum atomic E-state index is 10.4. The Kier molecular flexibility index (Phi) is 3.25. The molecule has 1 aromatic rings. The number of aromatic carboxylic acids is 1. The van der Waals surface area contributed by atoms with Crippen molar-refractivity contribution < 1.29 is 20.5 Å². The number of carboxylic acids is 1. The number of aromatic hydroxyl groups is 1. The van der Waals surface area contributed by atoms with E-state index in [0.717, 1.165) is 0 Å². The Bertz CT molecular complexity index is 293. The fraction of sp³-hybridized carbons (Fsp3) is 0.125. The maximum Gasteiger partial charge on any atom is 0.335 e. The molecule has 0 aliphatic carbocycles. The molecule has 0 aromatic heterocycles. The second-order valence-corrected chi connectivity index (χ2v) is 2.31. The summed E-state index contributed by atoms with van der Waals surface area (Å²) in [7, 11) is 0. The Morgan fingerprint density at radius 1 is 1.42 bits per heavy atom. The maximum absolute atomic E-state index is 10.4. The van der Waals surface area contributed by atoms with Crippen LogP contribution < -0.4 is 0 Å². The van der Waals surface area contributed by atoms with Crippen molar-refractivity contribution in [2.45, 2.75) is 6.92 Å². The van der Waals surface area contributed by atoms with Crippen molar-refractivity contribution in [1.29, 1.82) is 0 Å². The zero-order valence-corrected chi connectivity index (χ0v) is 6.53. The van der Waals surface area contributed by atoms with E-state index < -0.39 is 5.97 Å². The van der Waals surface area contributed by atoms with Gasteiger partial charge in [-0.3, -0.25) is 0 Å². The van der Waals surface area contributed by atoms with E-state index in [9.17, 15) is 4.79 Å². The Balaban J connectivity index is 0.00000121. The van der Waals surface area contributed by atoms with E-state index in [-0.39, 0.29) is 16.8 Å². The van der Waals surface area contributed by atoms with Gasteiger partial charge in [-0.25, -0.2) is 4.79 Å². The van der Waals surface area contributed by atoms with Crippen molar-refractivity contribution >= 4 is 5.97 Å². The predicted octanol–water partition coefficient (Wildman–Crippen LogP) is 0.574. The van der Waals surface area contributed by atoms with Crippen LogP contribution in [0.3, 0.4) is 0 Å². The van der Waals surface area contributed by atoms with Crippen molar-refractivity contribution in [2.24, 2.45) is 0 Å². The number of phenolic OH excluding ortho intramolecular Hbond substituents is 1. The van der Waals surface area contributed by atoms with Crippen LogP contribution in [-0.2, 0) is 0 Å². The smallest absolute Gasteiger partial charge is 0.335 e. The van der Waals surface area contributed by atoms with Crippen LogP contribution >= 0.6 is 0 Å². The highest BCUT2D eigenvalue weighted by atomic mass is 16.4. The van der Waals surface area contributed by atoms with E-state index >= 15 is 0 Å². The van der Waals surface area contributed by atoms with Gasteiger partial charge in [-0.1, -0.05) is 0 Å². The summed E-state index contributed by atoms with van der Waals surface area (Å²) < 4.78 is 0. The van der Waals surface area contributed by atoms with Crippen molar-refractivity contribution in [3.8, 4) is 5.75 Å². The molecular weight excluding hydrogens is 160 g/mol. The lowest BCUT2D eigenvalue weighted by atomic mass is 10.1. The Hall–Kier alpha value is -1.55. The molecule has 0 saturated carbocycles. The highest BCUT2D eigenvalue weighted by molar-refractivity contribution is 5.88. The molecule has 1 aromatic carbocycles. The molecule has 0 radical (unpaired) electrons. The molecule has 0 bridgehead atoms. The lowest BCUT2D eigenvalue weighted by Gasteiger charge is -1.98. The minimum atomic E-state index is -0.979. The highest BCUT2D eigenvalue weighted by Crippen LogP contribution is 2.16. The van der Waals surface area contributed by atoms with Crippen LogP contribution in [-0.4, -0.2) is 21.7 Å². The average Bonchev–Trinajstić information content (AvgIpc) is 1.94. The first-order valence-corrected chi connectivity index (χ1v) is 3.14. The number of hydrogen-bond donors (Lipinski definition) is 2. The molecular formula is C8H10O4. The number of aryl methyl sites for hydroxylation is 1. The van der Waals surface area contributed by atoms with Gasteiger partial charge >= 0.3 is 5.97 Å². The quantitative estimate of drug-likeness (QED) is 0.645. The SMILES string of the molecule is Cc1cc(C(=O)O)ccc1O.O. The number of rotatable bonds is 1. The standard InChI is InChI=1S/C8H8O3.H2O/c1-5-4-6(8(10)11)2-3-7(5)9;/h2-4,9H,1H3,(H,10,11);1H2. The van der Waals surface area contributed by atoms with Crippen molar-refractivity contribution in [3.63, 3.8) is 0 Å². The van der Waals surface area contributed by atoms with Crippen molar-refractivity contribution in [3.05, 3.63) is 29.3 Å². The summed E-state index contributed by atoms with van der Waals surface area (Å²) in [6.07, 6.45) is 0. The third kappa shape index (κ3) is 1.96. The van der Waals surface area contributed by atoms with E-state index in [2.05, 4.69) is 0 Å². The summed E-state index contributed by atoms with van der Waals surface area (Å²) in [5.41, 5.74) is 0.769. The molecule has 1 rings (SSSR count). The fourth-order valence-electron chi connectivity index (χ4n) is 0.788. The largest absolute Gasteiger partial charge is 0.508 e. The molecule has 0 aliphatic rings. The van der Waals surface area contributed by atoms with E-state index in [1.165, 1.54) is 18.2 Å². The zero-order chi connectivity index (χ0) is 8.43. The van der Waals surface area contributed by atoms with Gasteiger partial charge in [0.15, 0.2) is 0 Å². The van der Waals surface area contributed by atoms with Gasteiger partial charge in [-0.05, 0) is 30.7 Å². The lowest BCUT2D eigenvalue weighted by molar-refractivity contribution is 0.0697. The monoisotopic (exact) mass is 170 g/mol. The van der Waals surface area contributed by atoms with Gasteiger partial charge in [0, 0.05) is 0 Å². The molecule has 0 saturated heterocycles. The summed E-state index contributed by atoms with van der Waals surface area (Å²) in [6.45, 7) is 1.65. The minimum Gasteiger partial charge on any atom is -0.508 e. The van der Waals surface area contributed by atoms with Gasteiger partial charge in [0.2, 0.25) is 0 Å². The van der Waals surface area contributed by atoms with Crippen LogP contribution in [0.1, 0.15) is 15.9 Å². The van der Waals surface area contributed by atoms with Gasteiger partial charge in [0.05, 0.1) is 5.56 Å². The summed E-state index contributed by atoms with van der Waals surface area (Å²) in [4.78, 5) is 10.4. The molecule has 0 unspecified atom stereocenters. The first-order chi connectivity index (χ1) is 5.11. The highest BCUT2D eigenvalue weighted by Gasteiger charge is 2.03. The first kappa shape index (κ1) is 10.5. The summed E-state index contributed by atoms with van der Waals surface area (Å²) >= 11 is 0. The number of phenols is 1. The molecule has 0 aliphatic heterocycles. The Labute approximate surface area is 69.4 Å². The number of carbonyl (C=O) groups is 1. The van der Waals surface area contributed by atoms with E-state index in [4.69, 9.17) is 10.2 Å². The lowest BCUT2D eigenvalue weighted by Crippen LogP contribution is -1.95. The van der Waals surface area contributed by atoms with Gasteiger partial charge in [0.25, 0.3) is 0 Å². The summed E-state index contributed by atoms with van der Waals surface area (Å²) in [5, 5.41) is 17.6. The topological polar surface area (TPSA) is 89.0 Å². The molecule has 4 nitrogen and oxygen atoms in total. The molecule has 0 amide bonds. The molecule has 0 spiro atoms. The number of benzene rings is 1. The average molecular weight is 170 g/mol. The van der Waals surface area contributed by atoms with Gasteiger partial charge in [-0.2, -0.15) is 0 Å². The van der Waals surface area contributed by atoms with E-state index in [0.29, 0.717) is 5.56 Å². The van der Waals surface area contributed by atoms with Crippen molar-refractivity contribution in [2.75, 3.05) is 0 Å². The Morgan fingerprint density at radius 2 is 2.00 bits per heavy atom. The first-order valence-electron chi connectivity index (χ1n) is 3.14. The van der Waals surface area contributed by atoms with E-state index in [1.807, 2.05) is 0 Å². The fourth-order valence-corrected chi connectivity index (χ4v) is 0.788. The summed E-state index contributed by atoms with van der Waals surface area (Å²) in [5.74, 6) is -0.858. The third-order valence-electron chi connectivity index (χ3n) is 1.44. The molecule has 4 N–H and O–H groups in total. The van der Waals surface area contributed by atoms with Crippen LogP contribution in [0.25, 0.3) is 0 Å². The van der Waals surface area contributed by atoms with Crippen LogP contribution in [0.2, 0.25) is 0 Å². The minimum absolute atomic E-state index is 0. The van der Waals surface area contributed by atoms with Gasteiger partial charge in [-0.15, -0.1) is 0 Å². The predicted molar refractivity (Wildman–Crippen MR) is 43.4 cm³/mol. The molecule has 0 atom stereocenters. The van der Waals surface area contributed by atoms with Crippen LogP contribution in [0.4, 0.5) is 0 Å². The molecule has 66 valence electrons. The normalized spacial score (nSPS) is 8.75. The molecule has 0 fully saturated rings. The zero-order valence-electron chi connectivity index (χ0n) is 6.53. The second kappa shape index (κ2) is 3.73. The summed E-state index contributed by atoms with van der Waals surface area (Å²) in [6, 6.07) is 4.17.